The first-order valence-electron chi connectivity index (χ1n) is 12.4. The Hall–Kier alpha value is -4.24. The zero-order chi connectivity index (χ0) is 25.4. The van der Waals surface area contributed by atoms with Crippen LogP contribution in [0.5, 0.6) is 0 Å². The Bertz CT molecular complexity index is 1510. The second-order valence-corrected chi connectivity index (χ2v) is 9.41. The number of nitrogens with zero attached hydrogens (tertiary/aromatic N) is 6. The number of pyridine rings is 1. The molecule has 9 nitrogen and oxygen atoms in total. The summed E-state index contributed by atoms with van der Waals surface area (Å²) in [6.45, 7) is 7.99. The number of hydrogen-bond donors (Lipinski definition) is 0. The van der Waals surface area contributed by atoms with Gasteiger partial charge in [0.1, 0.15) is 18.1 Å². The normalized spacial score (nSPS) is 14.5. The van der Waals surface area contributed by atoms with Gasteiger partial charge in [-0.1, -0.05) is 35.5 Å². The van der Waals surface area contributed by atoms with Crippen molar-refractivity contribution in [2.75, 3.05) is 26.2 Å². The summed E-state index contributed by atoms with van der Waals surface area (Å²) in [7, 11) is 0. The Balaban J connectivity index is 1.29. The van der Waals surface area contributed by atoms with E-state index in [0.717, 1.165) is 59.1 Å². The van der Waals surface area contributed by atoms with Crippen molar-refractivity contribution in [1.29, 1.82) is 0 Å². The number of carbonyl (C=O) groups is 1. The Labute approximate surface area is 214 Å². The lowest BCUT2D eigenvalue weighted by Crippen LogP contribution is -2.48. The summed E-state index contributed by atoms with van der Waals surface area (Å²) < 4.78 is 12.6. The quantitative estimate of drug-likeness (QED) is 0.346. The number of carbonyl (C=O) groups excluding carboxylic acids is 1. The molecule has 1 aliphatic rings. The van der Waals surface area contributed by atoms with E-state index in [2.05, 4.69) is 15.2 Å². The molecule has 5 heterocycles. The molecular formula is C28H28N6O3. The minimum absolute atomic E-state index is 0.000816. The molecule has 1 amide bonds. The van der Waals surface area contributed by atoms with Crippen LogP contribution in [0.25, 0.3) is 22.3 Å². The molecule has 1 aromatic carbocycles. The van der Waals surface area contributed by atoms with Crippen molar-refractivity contribution in [3.8, 4) is 11.3 Å². The van der Waals surface area contributed by atoms with Crippen LogP contribution in [0.15, 0.2) is 69.9 Å². The van der Waals surface area contributed by atoms with Crippen LogP contribution >= 0.6 is 0 Å². The van der Waals surface area contributed by atoms with Crippen molar-refractivity contribution in [1.82, 2.24) is 29.7 Å². The van der Waals surface area contributed by atoms with E-state index in [1.807, 2.05) is 67.3 Å². The van der Waals surface area contributed by atoms with Crippen molar-refractivity contribution in [2.45, 2.75) is 26.9 Å². The Morgan fingerprint density at radius 1 is 1.00 bits per heavy atom. The molecular weight excluding hydrogens is 468 g/mol. The van der Waals surface area contributed by atoms with Crippen LogP contribution in [0.1, 0.15) is 33.1 Å². The standard InChI is InChI=1S/C28H28N6O3/c1-19-25(20(2)37-31-19)18-32-10-12-33(13-11-32)28(35)23-15-26(21-7-4-3-5-8-21)30-27-24(23)16-29-34(27)17-22-9-6-14-36-22/h3-9,14-16H,10-13,17-18H2,1-2H3. The predicted octanol–water partition coefficient (Wildman–Crippen LogP) is 4.30. The zero-order valence-corrected chi connectivity index (χ0v) is 20.9. The van der Waals surface area contributed by atoms with Crippen molar-refractivity contribution < 1.29 is 13.7 Å². The third-order valence-electron chi connectivity index (χ3n) is 7.02. The molecule has 0 atom stereocenters. The molecule has 1 saturated heterocycles. The molecule has 4 aromatic heterocycles. The van der Waals surface area contributed by atoms with Crippen LogP contribution < -0.4 is 0 Å². The van der Waals surface area contributed by atoms with Crippen LogP contribution in [0.2, 0.25) is 0 Å². The summed E-state index contributed by atoms with van der Waals surface area (Å²) in [6.07, 6.45) is 3.38. The van der Waals surface area contributed by atoms with Gasteiger partial charge < -0.3 is 13.8 Å². The van der Waals surface area contributed by atoms with Gasteiger partial charge >= 0.3 is 0 Å². The maximum absolute atomic E-state index is 13.9. The number of aryl methyl sites for hydroxylation is 2. The monoisotopic (exact) mass is 496 g/mol. The number of piperazine rings is 1. The van der Waals surface area contributed by atoms with Crippen LogP contribution in [-0.2, 0) is 13.1 Å². The van der Waals surface area contributed by atoms with Crippen LogP contribution in [0, 0.1) is 13.8 Å². The van der Waals surface area contributed by atoms with Gasteiger partial charge in [0, 0.05) is 43.9 Å². The average Bonchev–Trinajstić information content (AvgIpc) is 3.67. The van der Waals surface area contributed by atoms with Crippen LogP contribution in [0.3, 0.4) is 0 Å². The second kappa shape index (κ2) is 9.67. The number of aromatic nitrogens is 4. The van der Waals surface area contributed by atoms with E-state index >= 15 is 0 Å². The molecule has 1 aliphatic heterocycles. The van der Waals surface area contributed by atoms with Crippen LogP contribution in [-0.4, -0.2) is 61.8 Å². The van der Waals surface area contributed by atoms with E-state index < -0.39 is 0 Å². The van der Waals surface area contributed by atoms with E-state index in [1.165, 1.54) is 0 Å². The van der Waals surface area contributed by atoms with Gasteiger partial charge in [-0.2, -0.15) is 5.10 Å². The fourth-order valence-corrected chi connectivity index (χ4v) is 4.88. The smallest absolute Gasteiger partial charge is 0.254 e. The minimum atomic E-state index is -0.000816. The highest BCUT2D eigenvalue weighted by molar-refractivity contribution is 6.06. The number of fused-ring (bicyclic) bond motifs is 1. The SMILES string of the molecule is Cc1noc(C)c1CN1CCN(C(=O)c2cc(-c3ccccc3)nc3c2cnn3Cc2ccco2)CC1. The minimum Gasteiger partial charge on any atom is -0.467 e. The number of hydrogen-bond acceptors (Lipinski definition) is 7. The van der Waals surface area contributed by atoms with E-state index in [0.29, 0.717) is 30.8 Å². The summed E-state index contributed by atoms with van der Waals surface area (Å²) in [5.41, 5.74) is 5.04. The molecule has 188 valence electrons. The summed E-state index contributed by atoms with van der Waals surface area (Å²) in [5, 5.41) is 9.37. The lowest BCUT2D eigenvalue weighted by molar-refractivity contribution is 0.0629. The average molecular weight is 497 g/mol. The highest BCUT2D eigenvalue weighted by atomic mass is 16.5. The van der Waals surface area contributed by atoms with Crippen molar-refractivity contribution in [3.63, 3.8) is 0 Å². The zero-order valence-electron chi connectivity index (χ0n) is 20.9. The molecule has 0 unspecified atom stereocenters. The number of furan rings is 1. The van der Waals surface area contributed by atoms with E-state index in [-0.39, 0.29) is 5.91 Å². The fourth-order valence-electron chi connectivity index (χ4n) is 4.88. The molecule has 1 fully saturated rings. The van der Waals surface area contributed by atoms with Crippen LogP contribution in [0.4, 0.5) is 0 Å². The number of rotatable bonds is 6. The molecule has 0 spiro atoms. The molecule has 0 bridgehead atoms. The van der Waals surface area contributed by atoms with E-state index in [1.54, 1.807) is 17.1 Å². The Kier molecular flexibility index (Phi) is 6.05. The second-order valence-electron chi connectivity index (χ2n) is 9.41. The van der Waals surface area contributed by atoms with Crippen molar-refractivity contribution in [2.24, 2.45) is 0 Å². The summed E-state index contributed by atoms with van der Waals surface area (Å²) in [6, 6.07) is 15.6. The van der Waals surface area contributed by atoms with Gasteiger partial charge in [0.25, 0.3) is 5.91 Å². The van der Waals surface area contributed by atoms with Gasteiger partial charge in [0.05, 0.1) is 34.8 Å². The van der Waals surface area contributed by atoms with E-state index in [9.17, 15) is 4.79 Å². The number of benzene rings is 1. The van der Waals surface area contributed by atoms with Gasteiger partial charge in [0.2, 0.25) is 0 Å². The first kappa shape index (κ1) is 23.2. The maximum Gasteiger partial charge on any atom is 0.254 e. The molecule has 0 N–H and O–H groups in total. The van der Waals surface area contributed by atoms with E-state index in [4.69, 9.17) is 13.9 Å². The van der Waals surface area contributed by atoms with Gasteiger partial charge in [-0.25, -0.2) is 9.67 Å². The molecule has 5 aromatic rings. The summed E-state index contributed by atoms with van der Waals surface area (Å²) in [5.74, 6) is 1.63. The van der Waals surface area contributed by atoms with Gasteiger partial charge in [-0.15, -0.1) is 0 Å². The summed E-state index contributed by atoms with van der Waals surface area (Å²) >= 11 is 0. The van der Waals surface area contributed by atoms with Gasteiger partial charge in [0.15, 0.2) is 5.65 Å². The highest BCUT2D eigenvalue weighted by Gasteiger charge is 2.26. The third kappa shape index (κ3) is 4.53. The topological polar surface area (TPSA) is 93.4 Å². The Morgan fingerprint density at radius 3 is 2.51 bits per heavy atom. The predicted molar refractivity (Wildman–Crippen MR) is 138 cm³/mol. The van der Waals surface area contributed by atoms with Gasteiger partial charge in [-0.3, -0.25) is 9.69 Å². The highest BCUT2D eigenvalue weighted by Crippen LogP contribution is 2.27. The Morgan fingerprint density at radius 2 is 1.81 bits per heavy atom. The lowest BCUT2D eigenvalue weighted by Gasteiger charge is -2.34. The largest absolute Gasteiger partial charge is 0.467 e. The first-order valence-corrected chi connectivity index (χ1v) is 12.4. The third-order valence-corrected chi connectivity index (χ3v) is 7.02. The summed E-state index contributed by atoms with van der Waals surface area (Å²) in [4.78, 5) is 23.0. The molecule has 37 heavy (non-hydrogen) atoms. The molecule has 9 heteroatoms. The lowest BCUT2D eigenvalue weighted by atomic mass is 10.1. The van der Waals surface area contributed by atoms with Crippen molar-refractivity contribution in [3.05, 3.63) is 89.3 Å². The molecule has 0 saturated carbocycles. The molecule has 0 aliphatic carbocycles. The molecule has 6 rings (SSSR count). The molecule has 0 radical (unpaired) electrons. The van der Waals surface area contributed by atoms with Crippen molar-refractivity contribution >= 4 is 16.9 Å². The number of amides is 1. The maximum atomic E-state index is 13.9. The fraction of sp³-hybridized carbons (Fsp3) is 0.286. The van der Waals surface area contributed by atoms with Gasteiger partial charge in [-0.05, 0) is 32.0 Å². The first-order chi connectivity index (χ1) is 18.1.